The van der Waals surface area contributed by atoms with Crippen molar-refractivity contribution in [2.24, 2.45) is 11.5 Å². The molecule has 0 aliphatic rings. The molecule has 2 unspecified atom stereocenters. The van der Waals surface area contributed by atoms with Gasteiger partial charge >= 0.3 is 0 Å². The van der Waals surface area contributed by atoms with Crippen LogP contribution < -0.4 is 20.9 Å². The summed E-state index contributed by atoms with van der Waals surface area (Å²) in [7, 11) is 1.60. The van der Waals surface area contributed by atoms with E-state index in [2.05, 4.69) is 0 Å². The Morgan fingerprint density at radius 2 is 2.11 bits per heavy atom. The summed E-state index contributed by atoms with van der Waals surface area (Å²) in [4.78, 5) is 11.1. The fraction of sp³-hybridized carbons (Fsp3) is 0.500. The normalized spacial score (nSPS) is 13.7. The average molecular weight is 266 g/mol. The summed E-state index contributed by atoms with van der Waals surface area (Å²) >= 11 is 0. The Morgan fingerprint density at radius 3 is 2.63 bits per heavy atom. The van der Waals surface area contributed by atoms with Crippen molar-refractivity contribution >= 4 is 5.91 Å². The lowest BCUT2D eigenvalue weighted by Crippen LogP contribution is -2.31. The molecule has 0 saturated heterocycles. The maximum Gasteiger partial charge on any atom is 0.258 e. The van der Waals surface area contributed by atoms with E-state index in [1.54, 1.807) is 26.2 Å². The molecule has 0 saturated carbocycles. The number of primary amides is 1. The first-order valence-electron chi connectivity index (χ1n) is 6.36. The average Bonchev–Trinajstić information content (AvgIpc) is 2.40. The molecule has 2 atom stereocenters. The number of rotatable bonds is 7. The molecule has 106 valence electrons. The van der Waals surface area contributed by atoms with Crippen LogP contribution in [0.5, 0.6) is 11.5 Å². The predicted molar refractivity (Wildman–Crippen MR) is 74.2 cm³/mol. The van der Waals surface area contributed by atoms with Crippen molar-refractivity contribution in [3.05, 3.63) is 23.8 Å². The number of nitrogens with two attached hydrogens (primary N) is 2. The molecule has 19 heavy (non-hydrogen) atoms. The van der Waals surface area contributed by atoms with Crippen molar-refractivity contribution in [3.63, 3.8) is 0 Å². The van der Waals surface area contributed by atoms with E-state index in [0.717, 1.165) is 17.7 Å². The molecule has 0 heterocycles. The molecule has 0 aromatic heterocycles. The summed E-state index contributed by atoms with van der Waals surface area (Å²) in [6.07, 6.45) is 0.848. The molecular weight excluding hydrogens is 244 g/mol. The lowest BCUT2D eigenvalue weighted by molar-refractivity contribution is -0.124. The minimum Gasteiger partial charge on any atom is -0.497 e. The van der Waals surface area contributed by atoms with E-state index in [1.807, 2.05) is 13.0 Å². The van der Waals surface area contributed by atoms with Gasteiger partial charge in [-0.25, -0.2) is 0 Å². The van der Waals surface area contributed by atoms with Crippen LogP contribution >= 0.6 is 0 Å². The second-order valence-electron chi connectivity index (χ2n) is 4.51. The van der Waals surface area contributed by atoms with Gasteiger partial charge in [0.05, 0.1) is 7.11 Å². The minimum absolute atomic E-state index is 0.0401. The van der Waals surface area contributed by atoms with Gasteiger partial charge in [0.25, 0.3) is 5.91 Å². The van der Waals surface area contributed by atoms with Gasteiger partial charge in [-0.1, -0.05) is 6.92 Å². The molecule has 5 heteroatoms. The number of hydrogen-bond acceptors (Lipinski definition) is 4. The van der Waals surface area contributed by atoms with Crippen molar-refractivity contribution in [3.8, 4) is 11.5 Å². The second-order valence-corrected chi connectivity index (χ2v) is 4.51. The Hall–Kier alpha value is -1.75. The fourth-order valence-corrected chi connectivity index (χ4v) is 1.63. The van der Waals surface area contributed by atoms with E-state index in [4.69, 9.17) is 20.9 Å². The summed E-state index contributed by atoms with van der Waals surface area (Å²) in [5.74, 6) is 0.856. The van der Waals surface area contributed by atoms with Gasteiger partial charge in [-0.15, -0.1) is 0 Å². The zero-order valence-corrected chi connectivity index (χ0v) is 11.7. The first-order chi connectivity index (χ1) is 8.97. The van der Waals surface area contributed by atoms with Crippen LogP contribution in [0.25, 0.3) is 0 Å². The molecule has 4 N–H and O–H groups in total. The van der Waals surface area contributed by atoms with Crippen LogP contribution in [0, 0.1) is 0 Å². The number of benzene rings is 1. The summed E-state index contributed by atoms with van der Waals surface area (Å²) in [5.41, 5.74) is 12.1. The number of amides is 1. The van der Waals surface area contributed by atoms with Gasteiger partial charge in [0, 0.05) is 6.04 Å². The van der Waals surface area contributed by atoms with Crippen LogP contribution in [0.2, 0.25) is 0 Å². The SMILES string of the molecule is CCC(N)Cc1cc(OC)ccc1OC(C)C(N)=O. The van der Waals surface area contributed by atoms with Gasteiger partial charge in [-0.3, -0.25) is 4.79 Å². The van der Waals surface area contributed by atoms with Crippen LogP contribution in [0.15, 0.2) is 18.2 Å². The molecule has 0 spiro atoms. The largest absolute Gasteiger partial charge is 0.497 e. The Labute approximate surface area is 113 Å². The van der Waals surface area contributed by atoms with Crippen LogP contribution in [0.3, 0.4) is 0 Å². The van der Waals surface area contributed by atoms with E-state index in [9.17, 15) is 4.79 Å². The standard InChI is InChI=1S/C14H22N2O3/c1-4-11(15)7-10-8-12(18-3)5-6-13(10)19-9(2)14(16)17/h5-6,8-9,11H,4,7,15H2,1-3H3,(H2,16,17). The van der Waals surface area contributed by atoms with E-state index in [-0.39, 0.29) is 6.04 Å². The summed E-state index contributed by atoms with van der Waals surface area (Å²) in [5, 5.41) is 0. The highest BCUT2D eigenvalue weighted by atomic mass is 16.5. The van der Waals surface area contributed by atoms with Gasteiger partial charge in [-0.05, 0) is 43.5 Å². The van der Waals surface area contributed by atoms with Gasteiger partial charge in [0.2, 0.25) is 0 Å². The van der Waals surface area contributed by atoms with Crippen LogP contribution in [-0.4, -0.2) is 25.2 Å². The zero-order valence-electron chi connectivity index (χ0n) is 11.7. The Kier molecular flexibility index (Phi) is 5.63. The third kappa shape index (κ3) is 4.44. The maximum atomic E-state index is 11.1. The summed E-state index contributed by atoms with van der Waals surface area (Å²) in [6, 6.07) is 5.47. The highest BCUT2D eigenvalue weighted by molar-refractivity contribution is 5.78. The van der Waals surface area contributed by atoms with E-state index < -0.39 is 12.0 Å². The summed E-state index contributed by atoms with van der Waals surface area (Å²) < 4.78 is 10.8. The highest BCUT2D eigenvalue weighted by Crippen LogP contribution is 2.26. The highest BCUT2D eigenvalue weighted by Gasteiger charge is 2.15. The number of methoxy groups -OCH3 is 1. The minimum atomic E-state index is -0.676. The molecule has 0 fully saturated rings. The van der Waals surface area contributed by atoms with Crippen molar-refractivity contribution < 1.29 is 14.3 Å². The quantitative estimate of drug-likeness (QED) is 0.777. The van der Waals surface area contributed by atoms with Gasteiger partial charge in [0.15, 0.2) is 6.10 Å². The molecule has 1 aromatic rings. The van der Waals surface area contributed by atoms with Crippen molar-refractivity contribution in [2.45, 2.75) is 38.8 Å². The lowest BCUT2D eigenvalue weighted by atomic mass is 10.0. The van der Waals surface area contributed by atoms with Crippen LogP contribution in [0.4, 0.5) is 0 Å². The first kappa shape index (κ1) is 15.3. The Morgan fingerprint density at radius 1 is 1.42 bits per heavy atom. The first-order valence-corrected chi connectivity index (χ1v) is 6.36. The van der Waals surface area contributed by atoms with E-state index in [1.165, 1.54) is 0 Å². The van der Waals surface area contributed by atoms with Gasteiger partial charge < -0.3 is 20.9 Å². The molecular formula is C14H22N2O3. The van der Waals surface area contributed by atoms with Crippen LogP contribution in [-0.2, 0) is 11.2 Å². The number of ether oxygens (including phenoxy) is 2. The van der Waals surface area contributed by atoms with E-state index >= 15 is 0 Å². The molecule has 0 aliphatic heterocycles. The molecule has 0 aliphatic carbocycles. The Bertz CT molecular complexity index is 435. The van der Waals surface area contributed by atoms with Gasteiger partial charge in [-0.2, -0.15) is 0 Å². The maximum absolute atomic E-state index is 11.1. The Balaban J connectivity index is 2.97. The number of hydrogen-bond donors (Lipinski definition) is 2. The third-order valence-corrected chi connectivity index (χ3v) is 2.98. The second kappa shape index (κ2) is 6.99. The molecule has 5 nitrogen and oxygen atoms in total. The fourth-order valence-electron chi connectivity index (χ4n) is 1.63. The van der Waals surface area contributed by atoms with Crippen molar-refractivity contribution in [1.82, 2.24) is 0 Å². The molecule has 1 amide bonds. The van der Waals surface area contributed by atoms with Crippen LogP contribution in [0.1, 0.15) is 25.8 Å². The lowest BCUT2D eigenvalue weighted by Gasteiger charge is -2.18. The third-order valence-electron chi connectivity index (χ3n) is 2.98. The summed E-state index contributed by atoms with van der Waals surface area (Å²) in [6.45, 7) is 3.65. The monoisotopic (exact) mass is 266 g/mol. The van der Waals surface area contributed by atoms with Crippen molar-refractivity contribution in [1.29, 1.82) is 0 Å². The van der Waals surface area contributed by atoms with Gasteiger partial charge in [0.1, 0.15) is 11.5 Å². The number of carbonyl (C=O) groups excluding carboxylic acids is 1. The number of carbonyl (C=O) groups is 1. The molecule has 1 aromatic carbocycles. The molecule has 0 radical (unpaired) electrons. The topological polar surface area (TPSA) is 87.6 Å². The van der Waals surface area contributed by atoms with E-state index in [0.29, 0.717) is 12.2 Å². The predicted octanol–water partition coefficient (Wildman–Crippen LogP) is 1.23. The molecule has 0 bridgehead atoms. The zero-order chi connectivity index (χ0) is 14.4. The molecule has 1 rings (SSSR count). The smallest absolute Gasteiger partial charge is 0.258 e. The van der Waals surface area contributed by atoms with Crippen molar-refractivity contribution in [2.75, 3.05) is 7.11 Å².